The zero-order chi connectivity index (χ0) is 12.3. The van der Waals surface area contributed by atoms with Crippen molar-refractivity contribution in [3.63, 3.8) is 0 Å². The highest BCUT2D eigenvalue weighted by Gasteiger charge is 2.22. The van der Waals surface area contributed by atoms with Crippen LogP contribution in [0.4, 0.5) is 5.69 Å². The van der Waals surface area contributed by atoms with Crippen LogP contribution in [0.1, 0.15) is 38.6 Å². The van der Waals surface area contributed by atoms with Crippen LogP contribution >= 0.6 is 11.6 Å². The van der Waals surface area contributed by atoms with Crippen molar-refractivity contribution in [2.75, 3.05) is 5.32 Å². The number of carbonyl (C=O) groups is 1. The Labute approximate surface area is 102 Å². The second kappa shape index (κ2) is 4.88. The second-order valence-electron chi connectivity index (χ2n) is 4.91. The number of hydrogen-bond acceptors (Lipinski definition) is 1. The van der Waals surface area contributed by atoms with Gasteiger partial charge in [0, 0.05) is 11.1 Å². The summed E-state index contributed by atoms with van der Waals surface area (Å²) >= 11 is 6.05. The van der Waals surface area contributed by atoms with E-state index in [1.165, 1.54) is 0 Å². The minimum Gasteiger partial charge on any atom is -0.325 e. The van der Waals surface area contributed by atoms with Crippen LogP contribution in [0, 0.1) is 5.41 Å². The number of hydrogen-bond donors (Lipinski definition) is 1. The fraction of sp³-hybridized carbons (Fsp3) is 0.462. The van der Waals surface area contributed by atoms with Gasteiger partial charge in [0.25, 0.3) is 0 Å². The van der Waals surface area contributed by atoms with Crippen LogP contribution in [-0.2, 0) is 4.79 Å². The van der Waals surface area contributed by atoms with Gasteiger partial charge in [-0.05, 0) is 18.6 Å². The lowest BCUT2D eigenvalue weighted by atomic mass is 9.95. The Balaban J connectivity index is 2.94. The van der Waals surface area contributed by atoms with Crippen LogP contribution in [0.25, 0.3) is 0 Å². The van der Waals surface area contributed by atoms with Crippen molar-refractivity contribution in [3.8, 4) is 0 Å². The molecule has 16 heavy (non-hydrogen) atoms. The van der Waals surface area contributed by atoms with Gasteiger partial charge in [-0.3, -0.25) is 4.79 Å². The highest BCUT2D eigenvalue weighted by molar-refractivity contribution is 6.21. The number of rotatable bonds is 2. The molecule has 0 fully saturated rings. The average molecular weight is 240 g/mol. The molecule has 0 heterocycles. The van der Waals surface area contributed by atoms with Crippen molar-refractivity contribution in [2.24, 2.45) is 5.41 Å². The Bertz CT molecular complexity index is 380. The third-order valence-electron chi connectivity index (χ3n) is 2.32. The average Bonchev–Trinajstić information content (AvgIpc) is 2.16. The lowest BCUT2D eigenvalue weighted by molar-refractivity contribution is -0.123. The van der Waals surface area contributed by atoms with E-state index in [1.54, 1.807) is 0 Å². The molecule has 1 unspecified atom stereocenters. The molecule has 1 aromatic rings. The molecule has 88 valence electrons. The molecule has 1 amide bonds. The van der Waals surface area contributed by atoms with Crippen LogP contribution in [-0.4, -0.2) is 5.91 Å². The molecule has 0 saturated heterocycles. The number of halogens is 1. The Kier molecular flexibility index (Phi) is 3.98. The molecule has 3 heteroatoms. The fourth-order valence-corrected chi connectivity index (χ4v) is 1.46. The van der Waals surface area contributed by atoms with E-state index in [4.69, 9.17) is 11.6 Å². The molecular weight excluding hydrogens is 222 g/mol. The molecule has 0 aliphatic heterocycles. The van der Waals surface area contributed by atoms with Crippen LogP contribution in [0.2, 0.25) is 0 Å². The molecule has 1 atom stereocenters. The van der Waals surface area contributed by atoms with E-state index in [2.05, 4.69) is 5.32 Å². The van der Waals surface area contributed by atoms with E-state index in [0.717, 1.165) is 11.3 Å². The summed E-state index contributed by atoms with van der Waals surface area (Å²) < 4.78 is 0. The van der Waals surface area contributed by atoms with Gasteiger partial charge >= 0.3 is 0 Å². The SMILES string of the molecule is CC(Cl)c1ccccc1NC(=O)C(C)(C)C. The van der Waals surface area contributed by atoms with Crippen molar-refractivity contribution >= 4 is 23.2 Å². The largest absolute Gasteiger partial charge is 0.325 e. The Morgan fingerprint density at radius 1 is 1.31 bits per heavy atom. The van der Waals surface area contributed by atoms with Gasteiger partial charge in [0.05, 0.1) is 5.38 Å². The molecule has 0 aliphatic carbocycles. The number of alkyl halides is 1. The fourth-order valence-electron chi connectivity index (χ4n) is 1.27. The van der Waals surface area contributed by atoms with Gasteiger partial charge in [0.1, 0.15) is 0 Å². The van der Waals surface area contributed by atoms with Crippen LogP contribution in [0.5, 0.6) is 0 Å². The number of amides is 1. The minimum absolute atomic E-state index is 0.00253. The van der Waals surface area contributed by atoms with Gasteiger partial charge < -0.3 is 5.32 Å². The van der Waals surface area contributed by atoms with Gasteiger partial charge in [0.15, 0.2) is 0 Å². The topological polar surface area (TPSA) is 29.1 Å². The first-order chi connectivity index (χ1) is 7.32. The lowest BCUT2D eigenvalue weighted by Gasteiger charge is -2.20. The van der Waals surface area contributed by atoms with Crippen LogP contribution in [0.3, 0.4) is 0 Å². The molecule has 0 radical (unpaired) electrons. The summed E-state index contributed by atoms with van der Waals surface area (Å²) in [5.74, 6) is -0.00253. The third kappa shape index (κ3) is 3.24. The zero-order valence-electron chi connectivity index (χ0n) is 10.2. The van der Waals surface area contributed by atoms with E-state index in [9.17, 15) is 4.79 Å². The van der Waals surface area contributed by atoms with Gasteiger partial charge in [-0.2, -0.15) is 0 Å². The van der Waals surface area contributed by atoms with E-state index in [-0.39, 0.29) is 11.3 Å². The first kappa shape index (κ1) is 13.0. The summed E-state index contributed by atoms with van der Waals surface area (Å²) in [5.41, 5.74) is 1.34. The molecule has 0 saturated carbocycles. The highest BCUT2D eigenvalue weighted by Crippen LogP contribution is 2.28. The zero-order valence-corrected chi connectivity index (χ0v) is 10.9. The number of carbonyl (C=O) groups excluding carboxylic acids is 1. The normalized spacial score (nSPS) is 13.3. The summed E-state index contributed by atoms with van der Waals surface area (Å²) in [6.45, 7) is 7.54. The number of para-hydroxylation sites is 1. The van der Waals surface area contributed by atoms with Crippen molar-refractivity contribution in [2.45, 2.75) is 33.1 Å². The van der Waals surface area contributed by atoms with E-state index in [1.807, 2.05) is 52.0 Å². The molecule has 1 N–H and O–H groups in total. The highest BCUT2D eigenvalue weighted by atomic mass is 35.5. The van der Waals surface area contributed by atoms with Gasteiger partial charge in [-0.25, -0.2) is 0 Å². The first-order valence-electron chi connectivity index (χ1n) is 5.37. The molecule has 2 nitrogen and oxygen atoms in total. The maximum absolute atomic E-state index is 11.9. The maximum Gasteiger partial charge on any atom is 0.229 e. The molecule has 0 aromatic heterocycles. The number of anilines is 1. The Morgan fingerprint density at radius 3 is 2.38 bits per heavy atom. The van der Waals surface area contributed by atoms with Crippen molar-refractivity contribution in [1.29, 1.82) is 0 Å². The van der Waals surface area contributed by atoms with E-state index >= 15 is 0 Å². The maximum atomic E-state index is 11.9. The number of nitrogens with one attached hydrogen (secondary N) is 1. The molecule has 1 aromatic carbocycles. The lowest BCUT2D eigenvalue weighted by Crippen LogP contribution is -2.28. The molecular formula is C13H18ClNO. The molecule has 1 rings (SSSR count). The monoisotopic (exact) mass is 239 g/mol. The van der Waals surface area contributed by atoms with Crippen LogP contribution in [0.15, 0.2) is 24.3 Å². The predicted octanol–water partition coefficient (Wildman–Crippen LogP) is 3.97. The molecule has 0 spiro atoms. The summed E-state index contributed by atoms with van der Waals surface area (Å²) in [6, 6.07) is 7.61. The summed E-state index contributed by atoms with van der Waals surface area (Å²) in [4.78, 5) is 11.9. The van der Waals surface area contributed by atoms with Crippen molar-refractivity contribution in [1.82, 2.24) is 0 Å². The standard InChI is InChI=1S/C13H18ClNO/c1-9(14)10-7-5-6-8-11(10)15-12(16)13(2,3)4/h5-9H,1-4H3,(H,15,16). The molecule has 0 aliphatic rings. The van der Waals surface area contributed by atoms with E-state index < -0.39 is 5.41 Å². The summed E-state index contributed by atoms with van der Waals surface area (Å²) in [5, 5.41) is 2.79. The summed E-state index contributed by atoms with van der Waals surface area (Å²) in [6.07, 6.45) is 0. The first-order valence-corrected chi connectivity index (χ1v) is 5.80. The third-order valence-corrected chi connectivity index (χ3v) is 2.55. The quantitative estimate of drug-likeness (QED) is 0.778. The van der Waals surface area contributed by atoms with E-state index in [0.29, 0.717) is 0 Å². The minimum atomic E-state index is -0.400. The van der Waals surface area contributed by atoms with Crippen LogP contribution < -0.4 is 5.32 Å². The summed E-state index contributed by atoms with van der Waals surface area (Å²) in [7, 11) is 0. The van der Waals surface area contributed by atoms with Gasteiger partial charge in [0.2, 0.25) is 5.91 Å². The molecule has 0 bridgehead atoms. The van der Waals surface area contributed by atoms with Gasteiger partial charge in [-0.1, -0.05) is 39.0 Å². The smallest absolute Gasteiger partial charge is 0.229 e. The Morgan fingerprint density at radius 2 is 1.88 bits per heavy atom. The van der Waals surface area contributed by atoms with Gasteiger partial charge in [-0.15, -0.1) is 11.6 Å². The van der Waals surface area contributed by atoms with Crippen molar-refractivity contribution < 1.29 is 4.79 Å². The second-order valence-corrected chi connectivity index (χ2v) is 5.56. The predicted molar refractivity (Wildman–Crippen MR) is 68.8 cm³/mol. The Hall–Kier alpha value is -1.02. The van der Waals surface area contributed by atoms with Crippen molar-refractivity contribution in [3.05, 3.63) is 29.8 Å². The number of benzene rings is 1.